The Labute approximate surface area is 44.0 Å². The van der Waals surface area contributed by atoms with Crippen molar-refractivity contribution in [2.24, 2.45) is 5.92 Å². The van der Waals surface area contributed by atoms with Crippen molar-refractivity contribution in [1.29, 1.82) is 5.26 Å². The molecule has 1 heteroatoms. The van der Waals surface area contributed by atoms with Crippen molar-refractivity contribution in [3.63, 3.8) is 0 Å². The van der Waals surface area contributed by atoms with Gasteiger partial charge in [-0.05, 0) is 18.8 Å². The number of rotatable bonds is 1. The van der Waals surface area contributed by atoms with Crippen LogP contribution in [0, 0.1) is 23.7 Å². The van der Waals surface area contributed by atoms with Gasteiger partial charge in [-0.25, -0.2) is 0 Å². The zero-order valence-corrected chi connectivity index (χ0v) is 4.22. The highest BCUT2D eigenvalue weighted by atomic mass is 14.3. The molecule has 0 N–H and O–H groups in total. The molecule has 1 radical (unpaired) electrons. The highest BCUT2D eigenvalue weighted by Crippen LogP contribution is 2.27. The molecule has 0 spiro atoms. The lowest BCUT2D eigenvalue weighted by Crippen LogP contribution is -2.09. The molecule has 1 nitrogen and oxygen atoms in total. The van der Waals surface area contributed by atoms with E-state index in [1.165, 1.54) is 19.3 Å². The molecule has 7 heavy (non-hydrogen) atoms. The Kier molecular flexibility index (Phi) is 1.31. The van der Waals surface area contributed by atoms with Crippen molar-refractivity contribution in [1.82, 2.24) is 0 Å². The van der Waals surface area contributed by atoms with E-state index in [9.17, 15) is 0 Å². The van der Waals surface area contributed by atoms with Crippen molar-refractivity contribution < 1.29 is 0 Å². The number of nitrogens with zero attached hydrogens (tertiary/aromatic N) is 1. The number of hydrogen-bond acceptors (Lipinski definition) is 1. The zero-order valence-electron chi connectivity index (χ0n) is 4.22. The van der Waals surface area contributed by atoms with E-state index < -0.39 is 0 Å². The van der Waals surface area contributed by atoms with E-state index >= 15 is 0 Å². The van der Waals surface area contributed by atoms with Crippen molar-refractivity contribution in [3.8, 4) is 6.07 Å². The summed E-state index contributed by atoms with van der Waals surface area (Å²) in [5.41, 5.74) is 0. The van der Waals surface area contributed by atoms with Crippen LogP contribution in [-0.2, 0) is 0 Å². The first-order chi connectivity index (χ1) is 3.43. The topological polar surface area (TPSA) is 23.8 Å². The van der Waals surface area contributed by atoms with Gasteiger partial charge >= 0.3 is 0 Å². The van der Waals surface area contributed by atoms with Crippen molar-refractivity contribution in [3.05, 3.63) is 6.42 Å². The molecule has 0 aromatic carbocycles. The summed E-state index contributed by atoms with van der Waals surface area (Å²) in [7, 11) is 0. The molecule has 1 aliphatic carbocycles. The average Bonchev–Trinajstić information content (AvgIpc) is 1.55. The molecule has 0 aromatic heterocycles. The molecule has 0 saturated heterocycles. The van der Waals surface area contributed by atoms with E-state index in [1.807, 2.05) is 6.07 Å². The predicted octanol–water partition coefficient (Wildman–Crippen LogP) is 1.51. The maximum Gasteiger partial charge on any atom is 0.0672 e. The summed E-state index contributed by atoms with van der Waals surface area (Å²) < 4.78 is 0. The Hall–Kier alpha value is -0.510. The fourth-order valence-corrected chi connectivity index (χ4v) is 0.712. The third kappa shape index (κ3) is 0.928. The second-order valence-electron chi connectivity index (χ2n) is 1.99. The van der Waals surface area contributed by atoms with Crippen LogP contribution in [0.15, 0.2) is 0 Å². The fourth-order valence-electron chi connectivity index (χ4n) is 0.712. The molecule has 0 unspecified atom stereocenters. The maximum absolute atomic E-state index is 8.10. The Morgan fingerprint density at radius 3 is 2.43 bits per heavy atom. The Bertz CT molecular complexity index is 86.8. The van der Waals surface area contributed by atoms with E-state index in [1.54, 1.807) is 6.42 Å². The summed E-state index contributed by atoms with van der Waals surface area (Å²) in [5, 5.41) is 8.10. The van der Waals surface area contributed by atoms with Crippen LogP contribution in [-0.4, -0.2) is 0 Å². The predicted molar refractivity (Wildman–Crippen MR) is 27.3 cm³/mol. The monoisotopic (exact) mass is 94.1 g/mol. The Balaban J connectivity index is 2.06. The van der Waals surface area contributed by atoms with Gasteiger partial charge in [-0.1, -0.05) is 6.42 Å². The Morgan fingerprint density at radius 1 is 1.57 bits per heavy atom. The molecule has 1 rings (SSSR count). The standard InChI is InChI=1S/C6H8N/c7-5-4-6-2-1-3-6/h4,6H,1-3H2. The molecular formula is C6H8N. The lowest BCUT2D eigenvalue weighted by atomic mass is 9.84. The van der Waals surface area contributed by atoms with Crippen LogP contribution < -0.4 is 0 Å². The number of nitriles is 1. The van der Waals surface area contributed by atoms with Gasteiger partial charge in [0.2, 0.25) is 0 Å². The molecule has 0 atom stereocenters. The normalized spacial score (nSPS) is 20.4. The van der Waals surface area contributed by atoms with Gasteiger partial charge in [0.15, 0.2) is 0 Å². The molecule has 1 fully saturated rings. The van der Waals surface area contributed by atoms with Crippen molar-refractivity contribution in [2.45, 2.75) is 19.3 Å². The van der Waals surface area contributed by atoms with Crippen LogP contribution in [0.5, 0.6) is 0 Å². The minimum Gasteiger partial charge on any atom is -0.198 e. The van der Waals surface area contributed by atoms with Crippen LogP contribution >= 0.6 is 0 Å². The van der Waals surface area contributed by atoms with E-state index in [-0.39, 0.29) is 0 Å². The summed E-state index contributed by atoms with van der Waals surface area (Å²) in [6.45, 7) is 0. The first-order valence-corrected chi connectivity index (χ1v) is 2.66. The molecule has 0 aliphatic heterocycles. The first-order valence-electron chi connectivity index (χ1n) is 2.66. The third-order valence-corrected chi connectivity index (χ3v) is 1.46. The molecule has 0 amide bonds. The third-order valence-electron chi connectivity index (χ3n) is 1.46. The second-order valence-corrected chi connectivity index (χ2v) is 1.99. The average molecular weight is 94.1 g/mol. The van der Waals surface area contributed by atoms with E-state index in [2.05, 4.69) is 0 Å². The van der Waals surface area contributed by atoms with Gasteiger partial charge in [0.1, 0.15) is 0 Å². The van der Waals surface area contributed by atoms with Gasteiger partial charge in [-0.2, -0.15) is 5.26 Å². The molecule has 1 saturated carbocycles. The zero-order chi connectivity index (χ0) is 5.11. The van der Waals surface area contributed by atoms with Crippen LogP contribution in [0.25, 0.3) is 0 Å². The van der Waals surface area contributed by atoms with E-state index in [0.29, 0.717) is 5.92 Å². The molecule has 0 heterocycles. The highest BCUT2D eigenvalue weighted by Gasteiger charge is 2.16. The largest absolute Gasteiger partial charge is 0.198 e. The fraction of sp³-hybridized carbons (Fsp3) is 0.667. The summed E-state index contributed by atoms with van der Waals surface area (Å²) >= 11 is 0. The SMILES string of the molecule is N#C[CH]C1CCC1. The Morgan fingerprint density at radius 2 is 2.29 bits per heavy atom. The van der Waals surface area contributed by atoms with E-state index in [0.717, 1.165) is 0 Å². The summed E-state index contributed by atoms with van der Waals surface area (Å²) in [4.78, 5) is 0. The van der Waals surface area contributed by atoms with Crippen molar-refractivity contribution >= 4 is 0 Å². The van der Waals surface area contributed by atoms with Gasteiger partial charge in [0.05, 0.1) is 12.5 Å². The quantitative estimate of drug-likeness (QED) is 0.483. The molecule has 37 valence electrons. The minimum absolute atomic E-state index is 0.644. The first kappa shape index (κ1) is 4.64. The van der Waals surface area contributed by atoms with Gasteiger partial charge in [-0.3, -0.25) is 0 Å². The molecule has 0 bridgehead atoms. The minimum atomic E-state index is 0.644. The number of hydrogen-bond donors (Lipinski definition) is 0. The summed E-state index contributed by atoms with van der Waals surface area (Å²) in [5.74, 6) is 0.644. The van der Waals surface area contributed by atoms with Gasteiger partial charge in [0, 0.05) is 0 Å². The van der Waals surface area contributed by atoms with Crippen LogP contribution in [0.3, 0.4) is 0 Å². The van der Waals surface area contributed by atoms with Crippen LogP contribution in [0.4, 0.5) is 0 Å². The molecular weight excluding hydrogens is 86.1 g/mol. The highest BCUT2D eigenvalue weighted by molar-refractivity contribution is 4.99. The summed E-state index contributed by atoms with van der Waals surface area (Å²) in [6, 6.07) is 2.04. The van der Waals surface area contributed by atoms with Crippen LogP contribution in [0.1, 0.15) is 19.3 Å². The van der Waals surface area contributed by atoms with Crippen molar-refractivity contribution in [2.75, 3.05) is 0 Å². The molecule has 0 aromatic rings. The van der Waals surface area contributed by atoms with Crippen LogP contribution in [0.2, 0.25) is 0 Å². The molecule has 1 aliphatic rings. The van der Waals surface area contributed by atoms with Gasteiger partial charge in [0.25, 0.3) is 0 Å². The lowest BCUT2D eigenvalue weighted by molar-refractivity contribution is 0.371. The second kappa shape index (κ2) is 1.97. The summed E-state index contributed by atoms with van der Waals surface area (Å²) in [6.07, 6.45) is 5.55. The van der Waals surface area contributed by atoms with Gasteiger partial charge in [-0.15, -0.1) is 0 Å². The smallest absolute Gasteiger partial charge is 0.0672 e. The maximum atomic E-state index is 8.10. The lowest BCUT2D eigenvalue weighted by Gasteiger charge is -2.21. The van der Waals surface area contributed by atoms with Gasteiger partial charge < -0.3 is 0 Å². The van der Waals surface area contributed by atoms with E-state index in [4.69, 9.17) is 5.26 Å².